The molecule has 0 spiro atoms. The van der Waals surface area contributed by atoms with Crippen molar-refractivity contribution in [2.24, 2.45) is 5.92 Å². The van der Waals surface area contributed by atoms with E-state index in [-0.39, 0.29) is 5.56 Å². The molecule has 1 aliphatic rings. The summed E-state index contributed by atoms with van der Waals surface area (Å²) in [5.74, 6) is -0.0668. The summed E-state index contributed by atoms with van der Waals surface area (Å²) in [6.45, 7) is 2.05. The molecule has 0 bridgehead atoms. The average molecular weight is 237 g/mol. The zero-order valence-corrected chi connectivity index (χ0v) is 9.39. The van der Waals surface area contributed by atoms with E-state index < -0.39 is 5.97 Å². The van der Waals surface area contributed by atoms with Crippen LogP contribution in [0.5, 0.6) is 5.75 Å². The van der Waals surface area contributed by atoms with Crippen LogP contribution in [-0.4, -0.2) is 30.9 Å². The number of aromatic carboxylic acids is 1. The van der Waals surface area contributed by atoms with Gasteiger partial charge < -0.3 is 20.3 Å². The molecule has 3 N–H and O–H groups in total. The Morgan fingerprint density at radius 2 is 2.41 bits per heavy atom. The molecule has 1 saturated heterocycles. The van der Waals surface area contributed by atoms with Gasteiger partial charge in [-0.2, -0.15) is 0 Å². The van der Waals surface area contributed by atoms with Crippen molar-refractivity contribution >= 4 is 11.7 Å². The van der Waals surface area contributed by atoms with Gasteiger partial charge in [0.1, 0.15) is 5.75 Å². The second kappa shape index (κ2) is 5.05. The Labute approximate surface area is 99.1 Å². The lowest BCUT2D eigenvalue weighted by atomic mass is 10.1. The maximum absolute atomic E-state index is 10.7. The number of nitrogens with two attached hydrogens (primary N) is 1. The van der Waals surface area contributed by atoms with Gasteiger partial charge in [-0.3, -0.25) is 0 Å². The highest BCUT2D eigenvalue weighted by atomic mass is 16.5. The molecule has 92 valence electrons. The largest absolute Gasteiger partial charge is 0.491 e. The minimum absolute atomic E-state index is 0.166. The van der Waals surface area contributed by atoms with E-state index in [1.165, 1.54) is 12.1 Å². The van der Waals surface area contributed by atoms with E-state index in [1.807, 2.05) is 0 Å². The first-order valence-corrected chi connectivity index (χ1v) is 5.50. The van der Waals surface area contributed by atoms with Crippen molar-refractivity contribution in [3.8, 4) is 5.75 Å². The van der Waals surface area contributed by atoms with Gasteiger partial charge in [-0.25, -0.2) is 4.79 Å². The molecule has 1 fully saturated rings. The number of carbonyl (C=O) groups is 1. The normalized spacial score (nSPS) is 19.2. The molecule has 0 aliphatic carbocycles. The van der Waals surface area contributed by atoms with E-state index in [4.69, 9.17) is 20.3 Å². The van der Waals surface area contributed by atoms with Crippen LogP contribution in [0.2, 0.25) is 0 Å². The summed E-state index contributed by atoms with van der Waals surface area (Å²) in [5, 5.41) is 8.79. The Hall–Kier alpha value is -1.75. The second-order valence-corrected chi connectivity index (χ2v) is 4.10. The van der Waals surface area contributed by atoms with Gasteiger partial charge in [0, 0.05) is 12.5 Å². The average Bonchev–Trinajstić information content (AvgIpc) is 2.80. The van der Waals surface area contributed by atoms with Crippen LogP contribution in [0.15, 0.2) is 18.2 Å². The van der Waals surface area contributed by atoms with E-state index in [1.54, 1.807) is 6.07 Å². The van der Waals surface area contributed by atoms with Crippen LogP contribution in [0.25, 0.3) is 0 Å². The lowest BCUT2D eigenvalue weighted by Gasteiger charge is -2.12. The number of carboxylic acids is 1. The zero-order valence-electron chi connectivity index (χ0n) is 9.39. The van der Waals surface area contributed by atoms with E-state index in [0.29, 0.717) is 30.6 Å². The van der Waals surface area contributed by atoms with Crippen molar-refractivity contribution in [3.63, 3.8) is 0 Å². The Balaban J connectivity index is 1.98. The fourth-order valence-electron chi connectivity index (χ4n) is 1.74. The number of rotatable bonds is 4. The molecule has 0 amide bonds. The summed E-state index contributed by atoms with van der Waals surface area (Å²) in [6, 6.07) is 4.48. The summed E-state index contributed by atoms with van der Waals surface area (Å²) < 4.78 is 10.8. The quantitative estimate of drug-likeness (QED) is 0.773. The van der Waals surface area contributed by atoms with E-state index >= 15 is 0 Å². The van der Waals surface area contributed by atoms with Gasteiger partial charge in [0.15, 0.2) is 0 Å². The van der Waals surface area contributed by atoms with Crippen LogP contribution in [0.4, 0.5) is 5.69 Å². The third kappa shape index (κ3) is 2.88. The van der Waals surface area contributed by atoms with Gasteiger partial charge in [0.25, 0.3) is 0 Å². The highest BCUT2D eigenvalue weighted by molar-refractivity contribution is 5.89. The van der Waals surface area contributed by atoms with Crippen LogP contribution in [0.3, 0.4) is 0 Å². The molecule has 1 atom stereocenters. The van der Waals surface area contributed by atoms with E-state index in [2.05, 4.69) is 0 Å². The summed E-state index contributed by atoms with van der Waals surface area (Å²) in [7, 11) is 0. The highest BCUT2D eigenvalue weighted by Crippen LogP contribution is 2.24. The number of anilines is 1. The van der Waals surface area contributed by atoms with Crippen LogP contribution in [0, 0.1) is 5.92 Å². The Morgan fingerprint density at radius 3 is 3.00 bits per heavy atom. The Morgan fingerprint density at radius 1 is 1.59 bits per heavy atom. The molecular formula is C12H15NO4. The van der Waals surface area contributed by atoms with Gasteiger partial charge in [-0.1, -0.05) is 0 Å². The third-order valence-electron chi connectivity index (χ3n) is 2.76. The summed E-state index contributed by atoms with van der Waals surface area (Å²) in [6.07, 6.45) is 0.993. The van der Waals surface area contributed by atoms with Crippen molar-refractivity contribution in [2.75, 3.05) is 25.6 Å². The maximum atomic E-state index is 10.7. The minimum atomic E-state index is -0.993. The molecule has 1 aromatic rings. The minimum Gasteiger partial charge on any atom is -0.491 e. The molecule has 5 nitrogen and oxygen atoms in total. The summed E-state index contributed by atoms with van der Waals surface area (Å²) in [4.78, 5) is 10.7. The van der Waals surface area contributed by atoms with Crippen LogP contribution in [0.1, 0.15) is 16.8 Å². The predicted octanol–water partition coefficient (Wildman–Crippen LogP) is 1.38. The molecule has 0 aromatic heterocycles. The molecule has 1 aromatic carbocycles. The van der Waals surface area contributed by atoms with Gasteiger partial charge in [-0.05, 0) is 24.6 Å². The smallest absolute Gasteiger partial charge is 0.335 e. The molecule has 1 unspecified atom stereocenters. The SMILES string of the molecule is Nc1cc(C(=O)O)ccc1OCC1CCOC1. The fraction of sp³-hybridized carbons (Fsp3) is 0.417. The van der Waals surface area contributed by atoms with Crippen LogP contribution in [-0.2, 0) is 4.74 Å². The molecule has 1 heterocycles. The number of hydrogen-bond donors (Lipinski definition) is 2. The number of carboxylic acid groups (broad SMARTS) is 1. The topological polar surface area (TPSA) is 81.8 Å². The van der Waals surface area contributed by atoms with Gasteiger partial charge in [0.2, 0.25) is 0 Å². The van der Waals surface area contributed by atoms with Crippen molar-refractivity contribution < 1.29 is 19.4 Å². The molecule has 0 radical (unpaired) electrons. The molecule has 1 aliphatic heterocycles. The number of ether oxygens (including phenoxy) is 2. The van der Waals surface area contributed by atoms with Gasteiger partial charge in [0.05, 0.1) is 24.5 Å². The van der Waals surface area contributed by atoms with Crippen molar-refractivity contribution in [3.05, 3.63) is 23.8 Å². The predicted molar refractivity (Wildman–Crippen MR) is 62.2 cm³/mol. The van der Waals surface area contributed by atoms with E-state index in [0.717, 1.165) is 13.0 Å². The first-order valence-electron chi connectivity index (χ1n) is 5.50. The third-order valence-corrected chi connectivity index (χ3v) is 2.76. The first kappa shape index (κ1) is 11.7. The second-order valence-electron chi connectivity index (χ2n) is 4.10. The standard InChI is InChI=1S/C12H15NO4/c13-10-5-9(12(14)15)1-2-11(10)17-7-8-3-4-16-6-8/h1-2,5,8H,3-4,6-7,13H2,(H,14,15). The maximum Gasteiger partial charge on any atom is 0.335 e. The number of benzene rings is 1. The van der Waals surface area contributed by atoms with Crippen molar-refractivity contribution in [1.29, 1.82) is 0 Å². The van der Waals surface area contributed by atoms with Gasteiger partial charge in [-0.15, -0.1) is 0 Å². The fourth-order valence-corrected chi connectivity index (χ4v) is 1.74. The van der Waals surface area contributed by atoms with E-state index in [9.17, 15) is 4.79 Å². The lowest BCUT2D eigenvalue weighted by molar-refractivity contribution is 0.0697. The number of hydrogen-bond acceptors (Lipinski definition) is 4. The lowest BCUT2D eigenvalue weighted by Crippen LogP contribution is -2.12. The Kier molecular flexibility index (Phi) is 3.49. The number of nitrogen functional groups attached to an aromatic ring is 1. The highest BCUT2D eigenvalue weighted by Gasteiger charge is 2.17. The molecular weight excluding hydrogens is 222 g/mol. The Bertz CT molecular complexity index is 413. The summed E-state index contributed by atoms with van der Waals surface area (Å²) >= 11 is 0. The first-order chi connectivity index (χ1) is 8.16. The molecule has 0 saturated carbocycles. The molecule has 2 rings (SSSR count). The monoisotopic (exact) mass is 237 g/mol. The zero-order chi connectivity index (χ0) is 12.3. The van der Waals surface area contributed by atoms with Crippen molar-refractivity contribution in [2.45, 2.75) is 6.42 Å². The summed E-state index contributed by atoms with van der Waals surface area (Å²) in [5.41, 5.74) is 6.24. The van der Waals surface area contributed by atoms with Gasteiger partial charge >= 0.3 is 5.97 Å². The van der Waals surface area contributed by atoms with Crippen LogP contribution >= 0.6 is 0 Å². The van der Waals surface area contributed by atoms with Crippen molar-refractivity contribution in [1.82, 2.24) is 0 Å². The molecule has 17 heavy (non-hydrogen) atoms. The molecule has 5 heteroatoms. The van der Waals surface area contributed by atoms with Crippen LogP contribution < -0.4 is 10.5 Å².